The highest BCUT2D eigenvalue weighted by atomic mass is 15.3. The molecule has 2 saturated heterocycles. The van der Waals surface area contributed by atoms with E-state index in [1.54, 1.807) is 0 Å². The van der Waals surface area contributed by atoms with Gasteiger partial charge in [0.05, 0.1) is 7.85 Å². The van der Waals surface area contributed by atoms with Gasteiger partial charge < -0.3 is 4.90 Å². The molecule has 2 nitrogen and oxygen atoms in total. The van der Waals surface area contributed by atoms with Crippen molar-refractivity contribution in [3.63, 3.8) is 0 Å². The van der Waals surface area contributed by atoms with Crippen LogP contribution < -0.4 is 0 Å². The molecule has 2 aliphatic heterocycles. The summed E-state index contributed by atoms with van der Waals surface area (Å²) < 4.78 is 0. The monoisotopic (exact) mass is 268 g/mol. The molecule has 1 aromatic carbocycles. The van der Waals surface area contributed by atoms with E-state index in [9.17, 15) is 0 Å². The summed E-state index contributed by atoms with van der Waals surface area (Å²) in [5.41, 5.74) is 4.34. The standard InChI is InChI=1S/C17H25BN2/c1-13-7-14(5-6-18)3-4-16(13)8-15-9-20(10-15)12-17-11-19(17)2/h3-4,7,15,17H,5-6,8-12H2,1-2H3. The van der Waals surface area contributed by atoms with Crippen molar-refractivity contribution in [3.8, 4) is 0 Å². The quantitative estimate of drug-likeness (QED) is 0.574. The van der Waals surface area contributed by atoms with Gasteiger partial charge in [0.1, 0.15) is 0 Å². The first-order chi connectivity index (χ1) is 9.65. The first-order valence-electron chi connectivity index (χ1n) is 7.86. The second kappa shape index (κ2) is 5.91. The summed E-state index contributed by atoms with van der Waals surface area (Å²) >= 11 is 0. The van der Waals surface area contributed by atoms with Crippen LogP contribution in [-0.2, 0) is 12.8 Å². The fourth-order valence-electron chi connectivity index (χ4n) is 3.36. The molecule has 1 aromatic rings. The molecule has 0 aromatic heterocycles. The third-order valence-corrected chi connectivity index (χ3v) is 4.84. The maximum absolute atomic E-state index is 5.62. The van der Waals surface area contributed by atoms with Gasteiger partial charge in [0, 0.05) is 32.2 Å². The summed E-state index contributed by atoms with van der Waals surface area (Å²) in [6.45, 7) is 7.39. The second-order valence-electron chi connectivity index (χ2n) is 6.68. The van der Waals surface area contributed by atoms with Crippen LogP contribution in [0.3, 0.4) is 0 Å². The summed E-state index contributed by atoms with van der Waals surface area (Å²) in [6, 6.07) is 7.73. The number of likely N-dealkylation sites (tertiary alicyclic amines) is 1. The molecule has 0 saturated carbocycles. The van der Waals surface area contributed by atoms with Gasteiger partial charge in [-0.3, -0.25) is 4.90 Å². The zero-order chi connectivity index (χ0) is 14.1. The van der Waals surface area contributed by atoms with E-state index in [1.165, 1.54) is 49.3 Å². The van der Waals surface area contributed by atoms with Crippen LogP contribution in [0.5, 0.6) is 0 Å². The van der Waals surface area contributed by atoms with Gasteiger partial charge in [-0.25, -0.2) is 0 Å². The fraction of sp³-hybridized carbons (Fsp3) is 0.647. The Labute approximate surface area is 124 Å². The Hall–Kier alpha value is -0.795. The highest BCUT2D eigenvalue weighted by Crippen LogP contribution is 2.25. The zero-order valence-corrected chi connectivity index (χ0v) is 12.8. The summed E-state index contributed by atoms with van der Waals surface area (Å²) in [7, 11) is 7.84. The first-order valence-corrected chi connectivity index (χ1v) is 7.86. The lowest BCUT2D eigenvalue weighted by molar-refractivity contribution is 0.0981. The van der Waals surface area contributed by atoms with Crippen molar-refractivity contribution in [2.24, 2.45) is 5.92 Å². The molecule has 0 amide bonds. The van der Waals surface area contributed by atoms with Gasteiger partial charge in [-0.15, -0.1) is 0 Å². The van der Waals surface area contributed by atoms with Crippen molar-refractivity contribution < 1.29 is 0 Å². The van der Waals surface area contributed by atoms with Gasteiger partial charge in [-0.05, 0) is 49.4 Å². The first kappa shape index (κ1) is 14.2. The molecule has 0 bridgehead atoms. The molecule has 3 rings (SSSR count). The summed E-state index contributed by atoms with van der Waals surface area (Å²) in [5.74, 6) is 0.859. The average Bonchev–Trinajstić information content (AvgIpc) is 3.05. The number of hydrogen-bond acceptors (Lipinski definition) is 2. The Morgan fingerprint density at radius 2 is 2.00 bits per heavy atom. The Morgan fingerprint density at radius 3 is 2.60 bits per heavy atom. The summed E-state index contributed by atoms with van der Waals surface area (Å²) in [5, 5.41) is 0. The molecule has 2 heterocycles. The van der Waals surface area contributed by atoms with Crippen LogP contribution in [0.1, 0.15) is 16.7 Å². The average molecular weight is 268 g/mol. The van der Waals surface area contributed by atoms with Crippen molar-refractivity contribution >= 4 is 7.85 Å². The molecule has 2 radical (unpaired) electrons. The van der Waals surface area contributed by atoms with E-state index in [4.69, 9.17) is 7.85 Å². The van der Waals surface area contributed by atoms with E-state index in [2.05, 4.69) is 42.0 Å². The molecule has 20 heavy (non-hydrogen) atoms. The molecule has 2 atom stereocenters. The van der Waals surface area contributed by atoms with Gasteiger partial charge in [0.25, 0.3) is 0 Å². The lowest BCUT2D eigenvalue weighted by Gasteiger charge is -2.39. The van der Waals surface area contributed by atoms with Gasteiger partial charge in [0.2, 0.25) is 0 Å². The second-order valence-corrected chi connectivity index (χ2v) is 6.68. The van der Waals surface area contributed by atoms with Gasteiger partial charge in [-0.1, -0.05) is 24.5 Å². The normalized spacial score (nSPS) is 26.5. The molecule has 0 spiro atoms. The molecule has 2 aliphatic rings. The van der Waals surface area contributed by atoms with Crippen LogP contribution in [0.25, 0.3) is 0 Å². The highest BCUT2D eigenvalue weighted by Gasteiger charge is 2.35. The van der Waals surface area contributed by atoms with Gasteiger partial charge >= 0.3 is 0 Å². The number of hydrogen-bond donors (Lipinski definition) is 0. The van der Waals surface area contributed by atoms with Crippen LogP contribution in [0.4, 0.5) is 0 Å². The van der Waals surface area contributed by atoms with Crippen molar-refractivity contribution in [2.75, 3.05) is 33.2 Å². The van der Waals surface area contributed by atoms with E-state index in [0.29, 0.717) is 0 Å². The SMILES string of the molecule is [B]CCc1ccc(CC2CN(CC3CN3C)C2)c(C)c1. The molecule has 2 unspecified atom stereocenters. The summed E-state index contributed by atoms with van der Waals surface area (Å²) in [4.78, 5) is 5.03. The van der Waals surface area contributed by atoms with Crippen molar-refractivity contribution in [1.82, 2.24) is 9.80 Å². The predicted molar refractivity (Wildman–Crippen MR) is 85.5 cm³/mol. The Morgan fingerprint density at radius 1 is 1.25 bits per heavy atom. The number of benzene rings is 1. The molecular formula is C17H25BN2. The Bertz CT molecular complexity index is 468. The third-order valence-electron chi connectivity index (χ3n) is 4.84. The molecule has 106 valence electrons. The van der Waals surface area contributed by atoms with Crippen LogP contribution >= 0.6 is 0 Å². The minimum atomic E-state index is 0.742. The predicted octanol–water partition coefficient (Wildman–Crippen LogP) is 1.91. The lowest BCUT2D eigenvalue weighted by Crippen LogP contribution is -2.49. The van der Waals surface area contributed by atoms with E-state index < -0.39 is 0 Å². The number of nitrogens with zero attached hydrogens (tertiary/aromatic N) is 2. The zero-order valence-electron chi connectivity index (χ0n) is 12.8. The largest absolute Gasteiger partial charge is 0.301 e. The van der Waals surface area contributed by atoms with Crippen LogP contribution in [0.15, 0.2) is 18.2 Å². The van der Waals surface area contributed by atoms with Crippen LogP contribution in [0.2, 0.25) is 6.32 Å². The number of rotatable bonds is 6. The van der Waals surface area contributed by atoms with E-state index in [0.717, 1.165) is 24.7 Å². The van der Waals surface area contributed by atoms with E-state index >= 15 is 0 Å². The lowest BCUT2D eigenvalue weighted by atomic mass is 9.88. The van der Waals surface area contributed by atoms with Crippen LogP contribution in [-0.4, -0.2) is 56.9 Å². The molecule has 3 heteroatoms. The Balaban J connectivity index is 1.47. The van der Waals surface area contributed by atoms with Crippen molar-refractivity contribution in [1.29, 1.82) is 0 Å². The molecule has 2 fully saturated rings. The molecular weight excluding hydrogens is 243 g/mol. The third kappa shape index (κ3) is 3.26. The van der Waals surface area contributed by atoms with Gasteiger partial charge in [0.15, 0.2) is 0 Å². The highest BCUT2D eigenvalue weighted by molar-refractivity contribution is 6.08. The molecule has 0 N–H and O–H groups in total. The van der Waals surface area contributed by atoms with Crippen molar-refractivity contribution in [2.45, 2.75) is 32.1 Å². The number of aryl methyl sites for hydroxylation is 2. The minimum Gasteiger partial charge on any atom is -0.301 e. The Kier molecular flexibility index (Phi) is 4.18. The number of likely N-dealkylation sites (N-methyl/N-ethyl adjacent to an activating group) is 1. The van der Waals surface area contributed by atoms with Crippen LogP contribution in [0, 0.1) is 12.8 Å². The smallest absolute Gasteiger partial charge is 0.0657 e. The molecule has 0 aliphatic carbocycles. The van der Waals surface area contributed by atoms with Crippen molar-refractivity contribution in [3.05, 3.63) is 34.9 Å². The maximum Gasteiger partial charge on any atom is 0.0657 e. The van der Waals surface area contributed by atoms with E-state index in [1.807, 2.05) is 0 Å². The fourth-order valence-corrected chi connectivity index (χ4v) is 3.36. The topological polar surface area (TPSA) is 6.25 Å². The van der Waals surface area contributed by atoms with Gasteiger partial charge in [-0.2, -0.15) is 0 Å². The van der Waals surface area contributed by atoms with E-state index in [-0.39, 0.29) is 0 Å². The summed E-state index contributed by atoms with van der Waals surface area (Å²) in [6.07, 6.45) is 2.98. The maximum atomic E-state index is 5.62. The minimum absolute atomic E-state index is 0.742.